The number of fused-ring (bicyclic) bond motifs is 2. The van der Waals surface area contributed by atoms with Crippen LogP contribution >= 0.6 is 0 Å². The Balaban J connectivity index is 1.50. The smallest absolute Gasteiger partial charge is 0.317 e. The largest absolute Gasteiger partial charge is 0.332 e. The molecule has 0 aliphatic heterocycles. The maximum absolute atomic E-state index is 13.5. The van der Waals surface area contributed by atoms with E-state index in [1.54, 1.807) is 7.05 Å². The SMILES string of the molecule is Cn1c(=O)c2c(nc(CN(Cc3ccccc3)Cc3ccccc3)n2Cc2cccc3ccccc23)n(C)c1=O. The number of imidazole rings is 1. The van der Waals surface area contributed by atoms with E-state index in [9.17, 15) is 9.59 Å². The van der Waals surface area contributed by atoms with Gasteiger partial charge in [-0.1, -0.05) is 103 Å². The van der Waals surface area contributed by atoms with E-state index in [4.69, 9.17) is 4.98 Å². The minimum atomic E-state index is -0.385. The molecular formula is C33H31N5O2. The van der Waals surface area contributed by atoms with Crippen LogP contribution in [0.3, 0.4) is 0 Å². The van der Waals surface area contributed by atoms with Crippen molar-refractivity contribution in [2.75, 3.05) is 0 Å². The first-order valence-corrected chi connectivity index (χ1v) is 13.4. The van der Waals surface area contributed by atoms with Crippen molar-refractivity contribution >= 4 is 21.9 Å². The fourth-order valence-corrected chi connectivity index (χ4v) is 5.43. The summed E-state index contributed by atoms with van der Waals surface area (Å²) in [6.45, 7) is 2.39. The Labute approximate surface area is 232 Å². The van der Waals surface area contributed by atoms with Crippen molar-refractivity contribution in [1.29, 1.82) is 0 Å². The fourth-order valence-electron chi connectivity index (χ4n) is 5.43. The molecule has 0 amide bonds. The maximum Gasteiger partial charge on any atom is 0.332 e. The highest BCUT2D eigenvalue weighted by Crippen LogP contribution is 2.23. The van der Waals surface area contributed by atoms with Crippen LogP contribution in [0, 0.1) is 0 Å². The van der Waals surface area contributed by atoms with Gasteiger partial charge in [-0.05, 0) is 27.5 Å². The molecule has 6 rings (SSSR count). The highest BCUT2D eigenvalue weighted by molar-refractivity contribution is 5.86. The van der Waals surface area contributed by atoms with Crippen LogP contribution in [0.4, 0.5) is 0 Å². The van der Waals surface area contributed by atoms with E-state index in [-0.39, 0.29) is 11.2 Å². The van der Waals surface area contributed by atoms with Crippen LogP contribution in [0.2, 0.25) is 0 Å². The lowest BCUT2D eigenvalue weighted by atomic mass is 10.0. The summed E-state index contributed by atoms with van der Waals surface area (Å²) >= 11 is 0. The number of rotatable bonds is 8. The first-order chi connectivity index (χ1) is 19.5. The third-order valence-electron chi connectivity index (χ3n) is 7.50. The third-order valence-corrected chi connectivity index (χ3v) is 7.50. The van der Waals surface area contributed by atoms with Crippen LogP contribution in [0.25, 0.3) is 21.9 Å². The quantitative estimate of drug-likeness (QED) is 0.283. The molecule has 0 aliphatic carbocycles. The van der Waals surface area contributed by atoms with Crippen molar-refractivity contribution < 1.29 is 0 Å². The molecule has 0 bridgehead atoms. The van der Waals surface area contributed by atoms with Gasteiger partial charge in [-0.3, -0.25) is 18.8 Å². The molecule has 0 fully saturated rings. The molecule has 0 saturated carbocycles. The average molecular weight is 530 g/mol. The number of nitrogens with zero attached hydrogens (tertiary/aromatic N) is 5. The summed E-state index contributed by atoms with van der Waals surface area (Å²) in [5.74, 6) is 0.744. The first kappa shape index (κ1) is 25.5. The third kappa shape index (κ3) is 4.87. The zero-order chi connectivity index (χ0) is 27.6. The number of aryl methyl sites for hydroxylation is 1. The number of benzene rings is 4. The number of hydrogen-bond donors (Lipinski definition) is 0. The minimum Gasteiger partial charge on any atom is -0.317 e. The van der Waals surface area contributed by atoms with E-state index in [1.165, 1.54) is 27.3 Å². The Morgan fingerprint density at radius 1 is 0.675 bits per heavy atom. The molecule has 0 radical (unpaired) electrons. The zero-order valence-corrected chi connectivity index (χ0v) is 22.7. The molecule has 6 aromatic rings. The summed E-state index contributed by atoms with van der Waals surface area (Å²) in [4.78, 5) is 33.6. The molecule has 200 valence electrons. The molecule has 0 unspecified atom stereocenters. The topological polar surface area (TPSA) is 65.1 Å². The van der Waals surface area contributed by atoms with Gasteiger partial charge in [-0.25, -0.2) is 9.78 Å². The van der Waals surface area contributed by atoms with E-state index < -0.39 is 0 Å². The molecule has 0 spiro atoms. The van der Waals surface area contributed by atoms with Crippen molar-refractivity contribution in [2.24, 2.45) is 14.1 Å². The molecule has 0 atom stereocenters. The Bertz CT molecular complexity index is 1870. The highest BCUT2D eigenvalue weighted by Gasteiger charge is 2.22. The summed E-state index contributed by atoms with van der Waals surface area (Å²) in [5.41, 5.74) is 3.60. The van der Waals surface area contributed by atoms with Crippen LogP contribution in [0.5, 0.6) is 0 Å². The predicted molar refractivity (Wildman–Crippen MR) is 159 cm³/mol. The maximum atomic E-state index is 13.5. The van der Waals surface area contributed by atoms with Crippen LogP contribution in [0.1, 0.15) is 22.5 Å². The lowest BCUT2D eigenvalue weighted by Crippen LogP contribution is -2.37. The second-order valence-electron chi connectivity index (χ2n) is 10.2. The van der Waals surface area contributed by atoms with Crippen molar-refractivity contribution in [2.45, 2.75) is 26.2 Å². The minimum absolute atomic E-state index is 0.338. The van der Waals surface area contributed by atoms with Gasteiger partial charge in [0.2, 0.25) is 0 Å². The molecule has 2 aromatic heterocycles. The van der Waals surface area contributed by atoms with Crippen LogP contribution in [0.15, 0.2) is 113 Å². The predicted octanol–water partition coefficient (Wildman–Crippen LogP) is 4.84. The molecule has 7 heteroatoms. The monoisotopic (exact) mass is 529 g/mol. The molecule has 7 nitrogen and oxygen atoms in total. The van der Waals surface area contributed by atoms with E-state index in [1.807, 2.05) is 59.2 Å². The summed E-state index contributed by atoms with van der Waals surface area (Å²) in [6, 6.07) is 35.2. The second kappa shape index (κ2) is 10.8. The van der Waals surface area contributed by atoms with Gasteiger partial charge in [0, 0.05) is 27.2 Å². The van der Waals surface area contributed by atoms with Gasteiger partial charge >= 0.3 is 5.69 Å². The Morgan fingerprint density at radius 3 is 1.95 bits per heavy atom. The van der Waals surface area contributed by atoms with Crippen LogP contribution in [-0.4, -0.2) is 23.6 Å². The molecule has 2 heterocycles. The van der Waals surface area contributed by atoms with Gasteiger partial charge in [0.05, 0.1) is 13.1 Å². The van der Waals surface area contributed by atoms with E-state index in [0.717, 1.165) is 22.2 Å². The molecule has 40 heavy (non-hydrogen) atoms. The normalized spacial score (nSPS) is 11.6. The van der Waals surface area contributed by atoms with Crippen molar-refractivity contribution in [3.8, 4) is 0 Å². The first-order valence-electron chi connectivity index (χ1n) is 13.4. The van der Waals surface area contributed by atoms with Gasteiger partial charge in [-0.2, -0.15) is 0 Å². The molecular weight excluding hydrogens is 498 g/mol. The van der Waals surface area contributed by atoms with Crippen molar-refractivity contribution in [1.82, 2.24) is 23.6 Å². The summed E-state index contributed by atoms with van der Waals surface area (Å²) < 4.78 is 4.64. The van der Waals surface area contributed by atoms with E-state index in [2.05, 4.69) is 53.4 Å². The lowest BCUT2D eigenvalue weighted by Gasteiger charge is -2.23. The standard InChI is InChI=1S/C33H31N5O2/c1-35-31-30(32(39)36(2)33(35)40)38(22-27-18-11-17-26-16-9-10-19-28(26)27)29(34-31)23-37(20-24-12-5-3-6-13-24)21-25-14-7-4-8-15-25/h3-19H,20-23H2,1-2H3. The molecule has 0 aliphatic rings. The average Bonchev–Trinajstić information content (AvgIpc) is 3.33. The Morgan fingerprint density at radius 2 is 1.27 bits per heavy atom. The zero-order valence-electron chi connectivity index (χ0n) is 22.7. The summed E-state index contributed by atoms with van der Waals surface area (Å²) in [7, 11) is 3.20. The Kier molecular flexibility index (Phi) is 6.88. The molecule has 0 N–H and O–H groups in total. The van der Waals surface area contributed by atoms with Crippen LogP contribution < -0.4 is 11.2 Å². The van der Waals surface area contributed by atoms with Gasteiger partial charge < -0.3 is 4.57 Å². The highest BCUT2D eigenvalue weighted by atomic mass is 16.2. The van der Waals surface area contributed by atoms with Crippen LogP contribution in [-0.2, 0) is 40.3 Å². The van der Waals surface area contributed by atoms with E-state index >= 15 is 0 Å². The fraction of sp³-hybridized carbons (Fsp3) is 0.182. The second-order valence-corrected chi connectivity index (χ2v) is 10.2. The van der Waals surface area contributed by atoms with Gasteiger partial charge in [0.15, 0.2) is 11.2 Å². The molecule has 4 aromatic carbocycles. The van der Waals surface area contributed by atoms with Crippen molar-refractivity contribution in [3.63, 3.8) is 0 Å². The summed E-state index contributed by atoms with van der Waals surface area (Å²) in [6.07, 6.45) is 0. The van der Waals surface area contributed by atoms with Gasteiger partial charge in [0.1, 0.15) is 5.82 Å². The summed E-state index contributed by atoms with van der Waals surface area (Å²) in [5, 5.41) is 2.27. The molecule has 0 saturated heterocycles. The van der Waals surface area contributed by atoms with Gasteiger partial charge in [0.25, 0.3) is 5.56 Å². The number of hydrogen-bond acceptors (Lipinski definition) is 4. The Hall–Kier alpha value is -4.75. The number of aromatic nitrogens is 4. The lowest BCUT2D eigenvalue weighted by molar-refractivity contribution is 0.238. The van der Waals surface area contributed by atoms with E-state index in [0.29, 0.717) is 37.3 Å². The van der Waals surface area contributed by atoms with Crippen molar-refractivity contribution in [3.05, 3.63) is 146 Å². The van der Waals surface area contributed by atoms with Gasteiger partial charge in [-0.15, -0.1) is 0 Å².